The standard InChI is InChI=1S/C17H22N2O3/c1-12-11-18-8-7-17(12)19(9-10-22-17)16(21)15-5-3-14(4-6-15)13(2)20/h3-6,12,18H,7-11H2,1-2H3. The molecule has 1 spiro atoms. The second kappa shape index (κ2) is 5.82. The molecule has 5 heteroatoms. The van der Waals surface area contributed by atoms with E-state index >= 15 is 0 Å². The highest BCUT2D eigenvalue weighted by molar-refractivity contribution is 5.98. The van der Waals surface area contributed by atoms with Crippen molar-refractivity contribution in [2.75, 3.05) is 26.2 Å². The maximum Gasteiger partial charge on any atom is 0.256 e. The molecule has 2 aliphatic heterocycles. The van der Waals surface area contributed by atoms with Gasteiger partial charge < -0.3 is 15.0 Å². The third-order valence-electron chi connectivity index (χ3n) is 4.79. The molecule has 2 unspecified atom stereocenters. The van der Waals surface area contributed by atoms with Crippen LogP contribution in [-0.2, 0) is 4.74 Å². The molecule has 1 N–H and O–H groups in total. The number of carbonyl (C=O) groups is 2. The van der Waals surface area contributed by atoms with Crippen LogP contribution in [0.15, 0.2) is 24.3 Å². The van der Waals surface area contributed by atoms with Gasteiger partial charge in [-0.1, -0.05) is 19.1 Å². The first-order valence-corrected chi connectivity index (χ1v) is 7.82. The highest BCUT2D eigenvalue weighted by Crippen LogP contribution is 2.37. The van der Waals surface area contributed by atoms with E-state index in [1.54, 1.807) is 24.3 Å². The lowest BCUT2D eigenvalue weighted by Gasteiger charge is -2.44. The molecule has 1 aromatic carbocycles. The smallest absolute Gasteiger partial charge is 0.256 e. The molecule has 118 valence electrons. The summed E-state index contributed by atoms with van der Waals surface area (Å²) in [4.78, 5) is 26.1. The van der Waals surface area contributed by atoms with Crippen LogP contribution >= 0.6 is 0 Å². The summed E-state index contributed by atoms with van der Waals surface area (Å²) < 4.78 is 6.02. The van der Waals surface area contributed by atoms with Gasteiger partial charge in [0.25, 0.3) is 5.91 Å². The fourth-order valence-electron chi connectivity index (χ4n) is 3.46. The van der Waals surface area contributed by atoms with Crippen molar-refractivity contribution in [2.24, 2.45) is 5.92 Å². The van der Waals surface area contributed by atoms with Gasteiger partial charge in [0.1, 0.15) is 5.72 Å². The number of benzene rings is 1. The van der Waals surface area contributed by atoms with Crippen molar-refractivity contribution >= 4 is 11.7 Å². The Morgan fingerprint density at radius 3 is 2.59 bits per heavy atom. The molecule has 2 saturated heterocycles. The normalized spacial score (nSPS) is 28.1. The lowest BCUT2D eigenvalue weighted by Crippen LogP contribution is -2.59. The van der Waals surface area contributed by atoms with Crippen LogP contribution in [-0.4, -0.2) is 48.6 Å². The minimum Gasteiger partial charge on any atom is -0.353 e. The van der Waals surface area contributed by atoms with E-state index in [1.165, 1.54) is 6.92 Å². The molecule has 0 aromatic heterocycles. The summed E-state index contributed by atoms with van der Waals surface area (Å²) in [6.07, 6.45) is 0.811. The van der Waals surface area contributed by atoms with Crippen molar-refractivity contribution in [3.8, 4) is 0 Å². The lowest BCUT2D eigenvalue weighted by molar-refractivity contribution is -0.121. The van der Waals surface area contributed by atoms with E-state index in [0.29, 0.717) is 24.3 Å². The molecular weight excluding hydrogens is 280 g/mol. The Labute approximate surface area is 130 Å². The predicted octanol–water partition coefficient (Wildman–Crippen LogP) is 1.69. The van der Waals surface area contributed by atoms with Crippen molar-refractivity contribution in [2.45, 2.75) is 26.0 Å². The highest BCUT2D eigenvalue weighted by Gasteiger charge is 2.50. The lowest BCUT2D eigenvalue weighted by atomic mass is 9.89. The van der Waals surface area contributed by atoms with Crippen LogP contribution in [0, 0.1) is 5.92 Å². The minimum atomic E-state index is -0.485. The van der Waals surface area contributed by atoms with Gasteiger partial charge in [-0.2, -0.15) is 0 Å². The van der Waals surface area contributed by atoms with Crippen LogP contribution < -0.4 is 5.32 Å². The van der Waals surface area contributed by atoms with E-state index in [4.69, 9.17) is 4.74 Å². The molecule has 22 heavy (non-hydrogen) atoms. The van der Waals surface area contributed by atoms with Crippen molar-refractivity contribution in [1.29, 1.82) is 0 Å². The third-order valence-corrected chi connectivity index (χ3v) is 4.79. The van der Waals surface area contributed by atoms with Crippen LogP contribution in [0.25, 0.3) is 0 Å². The summed E-state index contributed by atoms with van der Waals surface area (Å²) in [6.45, 7) is 6.57. The summed E-state index contributed by atoms with van der Waals surface area (Å²) >= 11 is 0. The van der Waals surface area contributed by atoms with Crippen molar-refractivity contribution in [3.63, 3.8) is 0 Å². The number of ether oxygens (including phenoxy) is 1. The third kappa shape index (κ3) is 2.44. The molecule has 2 atom stereocenters. The number of Topliss-reactive ketones (excluding diaryl/α,β-unsaturated/α-hetero) is 1. The van der Waals surface area contributed by atoms with E-state index in [9.17, 15) is 9.59 Å². The van der Waals surface area contributed by atoms with Gasteiger partial charge in [-0.05, 0) is 25.6 Å². The van der Waals surface area contributed by atoms with Crippen LogP contribution in [0.5, 0.6) is 0 Å². The first-order valence-electron chi connectivity index (χ1n) is 7.82. The van der Waals surface area contributed by atoms with Gasteiger partial charge in [-0.3, -0.25) is 9.59 Å². The second-order valence-electron chi connectivity index (χ2n) is 6.14. The second-order valence-corrected chi connectivity index (χ2v) is 6.14. The quantitative estimate of drug-likeness (QED) is 0.845. The molecule has 3 rings (SSSR count). The molecule has 2 fully saturated rings. The van der Waals surface area contributed by atoms with E-state index in [0.717, 1.165) is 19.5 Å². The van der Waals surface area contributed by atoms with Gasteiger partial charge in [0.15, 0.2) is 5.78 Å². The number of hydrogen-bond donors (Lipinski definition) is 1. The van der Waals surface area contributed by atoms with Gasteiger partial charge in [-0.25, -0.2) is 0 Å². The predicted molar refractivity (Wildman–Crippen MR) is 82.8 cm³/mol. The molecule has 2 heterocycles. The number of carbonyl (C=O) groups excluding carboxylic acids is 2. The molecule has 0 saturated carbocycles. The van der Waals surface area contributed by atoms with Gasteiger partial charge in [0, 0.05) is 36.6 Å². The van der Waals surface area contributed by atoms with Gasteiger partial charge in [-0.15, -0.1) is 0 Å². The molecule has 1 amide bonds. The zero-order valence-electron chi connectivity index (χ0n) is 13.1. The molecular formula is C17H22N2O3. The molecule has 5 nitrogen and oxygen atoms in total. The Bertz CT molecular complexity index is 584. The largest absolute Gasteiger partial charge is 0.353 e. The number of nitrogens with zero attached hydrogens (tertiary/aromatic N) is 1. The van der Waals surface area contributed by atoms with Crippen molar-refractivity contribution < 1.29 is 14.3 Å². The number of nitrogens with one attached hydrogen (secondary N) is 1. The average molecular weight is 302 g/mol. The molecule has 1 aromatic rings. The van der Waals surface area contributed by atoms with Crippen LogP contribution in [0.1, 0.15) is 41.0 Å². The summed E-state index contributed by atoms with van der Waals surface area (Å²) in [5, 5.41) is 3.35. The molecule has 2 aliphatic rings. The molecule has 0 aliphatic carbocycles. The zero-order valence-corrected chi connectivity index (χ0v) is 13.1. The first-order chi connectivity index (χ1) is 10.5. The first kappa shape index (κ1) is 15.2. The fourth-order valence-corrected chi connectivity index (χ4v) is 3.46. The Kier molecular flexibility index (Phi) is 4.02. The summed E-state index contributed by atoms with van der Waals surface area (Å²) in [5.41, 5.74) is 0.751. The van der Waals surface area contributed by atoms with E-state index in [1.807, 2.05) is 4.90 Å². The van der Waals surface area contributed by atoms with Crippen LogP contribution in [0.4, 0.5) is 0 Å². The summed E-state index contributed by atoms with van der Waals surface area (Å²) in [5.74, 6) is 0.248. The van der Waals surface area contributed by atoms with Crippen molar-refractivity contribution in [3.05, 3.63) is 35.4 Å². The number of piperidine rings is 1. The Morgan fingerprint density at radius 2 is 1.95 bits per heavy atom. The van der Waals surface area contributed by atoms with Crippen LogP contribution in [0.2, 0.25) is 0 Å². The summed E-state index contributed by atoms with van der Waals surface area (Å²) in [6, 6.07) is 6.89. The highest BCUT2D eigenvalue weighted by atomic mass is 16.5. The van der Waals surface area contributed by atoms with Gasteiger partial charge in [0.05, 0.1) is 6.61 Å². The van der Waals surface area contributed by atoms with E-state index in [2.05, 4.69) is 12.2 Å². The summed E-state index contributed by atoms with van der Waals surface area (Å²) in [7, 11) is 0. The Balaban J connectivity index is 1.85. The fraction of sp³-hybridized carbons (Fsp3) is 0.529. The van der Waals surface area contributed by atoms with E-state index in [-0.39, 0.29) is 17.6 Å². The maximum atomic E-state index is 12.9. The van der Waals surface area contributed by atoms with Crippen LogP contribution in [0.3, 0.4) is 0 Å². The SMILES string of the molecule is CC(=O)c1ccc(C(=O)N2CCOC23CCNCC3C)cc1. The van der Waals surface area contributed by atoms with Gasteiger partial charge in [0.2, 0.25) is 0 Å². The Hall–Kier alpha value is -1.72. The maximum absolute atomic E-state index is 12.9. The van der Waals surface area contributed by atoms with Gasteiger partial charge >= 0.3 is 0 Å². The minimum absolute atomic E-state index is 0.00644. The number of amides is 1. The topological polar surface area (TPSA) is 58.6 Å². The van der Waals surface area contributed by atoms with Crippen molar-refractivity contribution in [1.82, 2.24) is 10.2 Å². The van der Waals surface area contributed by atoms with E-state index < -0.39 is 5.72 Å². The zero-order chi connectivity index (χ0) is 15.7. The Morgan fingerprint density at radius 1 is 1.27 bits per heavy atom. The molecule has 0 bridgehead atoms. The monoisotopic (exact) mass is 302 g/mol. The number of ketones is 1. The number of rotatable bonds is 2. The molecule has 0 radical (unpaired) electrons. The average Bonchev–Trinajstić information content (AvgIpc) is 2.94. The number of hydrogen-bond acceptors (Lipinski definition) is 4.